The van der Waals surface area contributed by atoms with Gasteiger partial charge in [0.15, 0.2) is 0 Å². The summed E-state index contributed by atoms with van der Waals surface area (Å²) < 4.78 is 15.3. The normalized spacial score (nSPS) is 20.3. The molecule has 1 aliphatic carbocycles. The van der Waals surface area contributed by atoms with Gasteiger partial charge in [-0.25, -0.2) is 4.39 Å². The summed E-state index contributed by atoms with van der Waals surface area (Å²) in [5.41, 5.74) is 8.83. The number of phenolic OH excluding ortho intramolecular Hbond substituents is 1. The van der Waals surface area contributed by atoms with Gasteiger partial charge in [-0.05, 0) is 61.2 Å². The second-order valence-electron chi connectivity index (χ2n) is 12.9. The Morgan fingerprint density at radius 2 is 1.71 bits per heavy atom. The summed E-state index contributed by atoms with van der Waals surface area (Å²) in [6.45, 7) is 1.20. The number of rotatable bonds is 8. The Morgan fingerprint density at radius 3 is 2.35 bits per heavy atom. The number of allylic oxidation sites excluding steroid dienone is 1. The maximum Gasteiger partial charge on any atom is 0.262 e. The highest BCUT2D eigenvalue weighted by Crippen LogP contribution is 2.51. The van der Waals surface area contributed by atoms with Crippen LogP contribution in [0.5, 0.6) is 5.75 Å². The number of carbonyl (C=O) groups is 4. The highest BCUT2D eigenvalue weighted by molar-refractivity contribution is 6.27. The molecule has 244 valence electrons. The zero-order valence-corrected chi connectivity index (χ0v) is 25.8. The van der Waals surface area contributed by atoms with Crippen LogP contribution in [0, 0.1) is 16.6 Å². The molecule has 3 heterocycles. The van der Waals surface area contributed by atoms with Crippen LogP contribution in [0.15, 0.2) is 66.7 Å². The number of hydrogen-bond donors (Lipinski definition) is 6. The number of nitrogens with two attached hydrogens (primary N) is 2. The van der Waals surface area contributed by atoms with Crippen LogP contribution in [-0.2, 0) is 9.59 Å². The van der Waals surface area contributed by atoms with Crippen molar-refractivity contribution in [2.45, 2.75) is 37.8 Å². The van der Waals surface area contributed by atoms with E-state index in [9.17, 15) is 24.3 Å². The molecule has 0 aromatic heterocycles. The van der Waals surface area contributed by atoms with E-state index < -0.39 is 35.5 Å². The average molecular weight is 651 g/mol. The minimum atomic E-state index is -1.11. The molecule has 8 N–H and O–H groups in total. The van der Waals surface area contributed by atoms with Gasteiger partial charge in [-0.15, -0.1) is 0 Å². The van der Waals surface area contributed by atoms with Gasteiger partial charge in [-0.1, -0.05) is 24.3 Å². The first-order chi connectivity index (χ1) is 22.9. The van der Waals surface area contributed by atoms with E-state index in [1.54, 1.807) is 24.3 Å². The summed E-state index contributed by atoms with van der Waals surface area (Å²) in [5.74, 6) is -3.31. The molecule has 4 aliphatic rings. The molecule has 7 rings (SSSR count). The summed E-state index contributed by atoms with van der Waals surface area (Å²) in [6.07, 6.45) is 3.34. The van der Waals surface area contributed by atoms with E-state index in [-0.39, 0.29) is 58.4 Å². The van der Waals surface area contributed by atoms with Crippen molar-refractivity contribution in [3.63, 3.8) is 0 Å². The predicted molar refractivity (Wildman–Crippen MR) is 175 cm³/mol. The van der Waals surface area contributed by atoms with Gasteiger partial charge in [0.25, 0.3) is 11.8 Å². The molecule has 3 aromatic carbocycles. The van der Waals surface area contributed by atoms with E-state index in [1.807, 2.05) is 29.2 Å². The molecule has 3 aliphatic heterocycles. The van der Waals surface area contributed by atoms with Crippen LogP contribution in [0.3, 0.4) is 0 Å². The van der Waals surface area contributed by atoms with Crippen LogP contribution in [0.25, 0.3) is 5.57 Å². The zero-order chi connectivity index (χ0) is 33.9. The number of halogens is 1. The summed E-state index contributed by atoms with van der Waals surface area (Å²) in [6, 6.07) is 15.7. The molecule has 13 heteroatoms. The van der Waals surface area contributed by atoms with Gasteiger partial charge in [-0.2, -0.15) is 0 Å². The topological polar surface area (TPSA) is 195 Å². The molecule has 2 saturated heterocycles. The van der Waals surface area contributed by atoms with Gasteiger partial charge >= 0.3 is 0 Å². The number of para-hydroxylation sites is 1. The number of nitrogens with zero attached hydrogens (tertiary/aromatic N) is 2. The fraction of sp³-hybridized carbons (Fsp3) is 0.257. The minimum absolute atomic E-state index is 0.00252. The van der Waals surface area contributed by atoms with E-state index in [2.05, 4.69) is 10.6 Å². The fourth-order valence-corrected chi connectivity index (χ4v) is 7.25. The lowest BCUT2D eigenvalue weighted by atomic mass is 9.60. The Bertz CT molecular complexity index is 1960. The Labute approximate surface area is 274 Å². The molecule has 1 saturated carbocycles. The van der Waals surface area contributed by atoms with Gasteiger partial charge in [0.2, 0.25) is 17.5 Å². The van der Waals surface area contributed by atoms with Crippen LogP contribution >= 0.6 is 0 Å². The Kier molecular flexibility index (Phi) is 7.34. The predicted octanol–water partition coefficient (Wildman–Crippen LogP) is 1.58. The van der Waals surface area contributed by atoms with E-state index in [1.165, 1.54) is 12.1 Å². The first kappa shape index (κ1) is 30.8. The standard InChI is InChI=1S/C35H32FN7O5/c36-25-11-23-24(34(48)43(33(23)47)27-9-10-30(45)41-32(27)46)13-28(25)42-16-35(17-42)14-20(15-35)40-19-7-5-18(6-8-19)22(31(38)39)12-26(37)21-3-1-2-4-29(21)44/h1-8,11-13,20,27,37,40,44H,9-10,14-17H2,(H3,38,39)(H,41,45,46)/p+1/b22-12-,37-26?. The number of phenols is 1. The van der Waals surface area contributed by atoms with Crippen LogP contribution in [0.2, 0.25) is 0 Å². The SMILES string of the molecule is N=C(N)/C(=C\C(=[NH2+])c1ccccc1O)c1ccc(NC2CC3(C2)CN(c2cc4c(cc2F)C(=O)N(C2CCC(=O)NC2=O)C4=O)C3)cc1. The van der Waals surface area contributed by atoms with E-state index in [0.29, 0.717) is 29.8 Å². The van der Waals surface area contributed by atoms with Crippen molar-refractivity contribution >= 4 is 52.1 Å². The molecule has 1 unspecified atom stereocenters. The third-order valence-electron chi connectivity index (χ3n) is 9.63. The minimum Gasteiger partial charge on any atom is -0.507 e. The lowest BCUT2D eigenvalue weighted by Gasteiger charge is -2.60. The van der Waals surface area contributed by atoms with Crippen LogP contribution in [0.1, 0.15) is 57.5 Å². The van der Waals surface area contributed by atoms with Crippen molar-refractivity contribution in [1.82, 2.24) is 10.2 Å². The van der Waals surface area contributed by atoms with Gasteiger partial charge in [0, 0.05) is 48.3 Å². The van der Waals surface area contributed by atoms with Crippen molar-refractivity contribution in [3.05, 3.63) is 94.8 Å². The number of benzene rings is 3. The molecule has 0 bridgehead atoms. The number of hydrogen-bond acceptors (Lipinski definition) is 8. The Morgan fingerprint density at radius 1 is 1.04 bits per heavy atom. The average Bonchev–Trinajstić information content (AvgIpc) is 3.24. The van der Waals surface area contributed by atoms with Crippen molar-refractivity contribution < 1.29 is 34.1 Å². The number of imide groups is 2. The van der Waals surface area contributed by atoms with Gasteiger partial charge in [0.1, 0.15) is 23.4 Å². The maximum absolute atomic E-state index is 15.3. The van der Waals surface area contributed by atoms with Gasteiger partial charge < -0.3 is 21.1 Å². The lowest BCUT2D eigenvalue weighted by molar-refractivity contribution is -0.136. The molecular weight excluding hydrogens is 617 g/mol. The monoisotopic (exact) mass is 650 g/mol. The smallest absolute Gasteiger partial charge is 0.262 e. The summed E-state index contributed by atoms with van der Waals surface area (Å²) in [5, 5.41) is 30.1. The maximum atomic E-state index is 15.3. The van der Waals surface area contributed by atoms with Crippen LogP contribution in [-0.4, -0.2) is 70.4 Å². The molecule has 48 heavy (non-hydrogen) atoms. The van der Waals surface area contributed by atoms with Crippen molar-refractivity contribution in [1.29, 1.82) is 5.41 Å². The summed E-state index contributed by atoms with van der Waals surface area (Å²) in [4.78, 5) is 52.8. The van der Waals surface area contributed by atoms with E-state index in [4.69, 9.17) is 16.6 Å². The third kappa shape index (κ3) is 5.26. The zero-order valence-electron chi connectivity index (χ0n) is 25.8. The molecule has 4 amide bonds. The molecule has 3 aromatic rings. The van der Waals surface area contributed by atoms with Crippen molar-refractivity contribution in [3.8, 4) is 5.75 Å². The number of anilines is 2. The van der Waals surface area contributed by atoms with Crippen LogP contribution in [0.4, 0.5) is 15.8 Å². The number of amides is 4. The second-order valence-corrected chi connectivity index (χ2v) is 12.9. The highest BCUT2D eigenvalue weighted by atomic mass is 19.1. The molecular formula is C35H33FN7O5+. The summed E-state index contributed by atoms with van der Waals surface area (Å²) >= 11 is 0. The quantitative estimate of drug-likeness (QED) is 0.120. The third-order valence-corrected chi connectivity index (χ3v) is 9.63. The number of aromatic hydroxyl groups is 1. The second kappa shape index (κ2) is 11.4. The van der Waals surface area contributed by atoms with E-state index in [0.717, 1.165) is 29.5 Å². The molecule has 1 spiro atoms. The Balaban J connectivity index is 0.965. The molecule has 0 radical (unpaired) electrons. The highest BCUT2D eigenvalue weighted by Gasteiger charge is 2.53. The van der Waals surface area contributed by atoms with Gasteiger partial charge in [0.05, 0.1) is 22.4 Å². The number of amidine groups is 1. The number of fused-ring (bicyclic) bond motifs is 1. The number of piperidine rings is 1. The van der Waals surface area contributed by atoms with Crippen LogP contribution < -0.4 is 26.7 Å². The van der Waals surface area contributed by atoms with E-state index >= 15 is 4.39 Å². The molecule has 3 fully saturated rings. The lowest BCUT2D eigenvalue weighted by Crippen LogP contribution is -2.65. The molecule has 12 nitrogen and oxygen atoms in total. The van der Waals surface area contributed by atoms with Gasteiger partial charge in [-0.3, -0.25) is 40.2 Å². The first-order valence-corrected chi connectivity index (χ1v) is 15.6. The summed E-state index contributed by atoms with van der Waals surface area (Å²) in [7, 11) is 0. The van der Waals surface area contributed by atoms with Crippen molar-refractivity contribution in [2.75, 3.05) is 23.3 Å². The largest absolute Gasteiger partial charge is 0.507 e. The number of nitrogens with one attached hydrogen (secondary N) is 3. The first-order valence-electron chi connectivity index (χ1n) is 15.6. The fourth-order valence-electron chi connectivity index (χ4n) is 7.25. The van der Waals surface area contributed by atoms with Crippen molar-refractivity contribution in [2.24, 2.45) is 11.1 Å². The Hall–Kier alpha value is -5.85. The molecule has 1 atom stereocenters. The number of carbonyl (C=O) groups excluding carboxylic acids is 4.